The Morgan fingerprint density at radius 3 is 2.54 bits per heavy atom. The Bertz CT molecular complexity index is 1150. The van der Waals surface area contributed by atoms with Gasteiger partial charge in [0.1, 0.15) is 12.4 Å². The van der Waals surface area contributed by atoms with Gasteiger partial charge in [-0.25, -0.2) is 4.98 Å². The summed E-state index contributed by atoms with van der Waals surface area (Å²) in [5, 5.41) is 3.90. The van der Waals surface area contributed by atoms with Crippen LogP contribution in [0.1, 0.15) is 67.8 Å². The van der Waals surface area contributed by atoms with Crippen LogP contribution in [0.3, 0.4) is 0 Å². The average Bonchev–Trinajstić information content (AvgIpc) is 3.28. The SMILES string of the molecule is CC(=O)N1CCC(c2ncc(C(=O)NC34CC(CC(=O)COc5ccc(Cl)c(Cl)c5)(C3)C4)o2)CC1. The molecule has 6 rings (SSSR count). The molecule has 8 nitrogen and oxygen atoms in total. The molecule has 0 unspecified atom stereocenters. The van der Waals surface area contributed by atoms with E-state index in [1.165, 1.54) is 6.20 Å². The lowest BCUT2D eigenvalue weighted by Crippen LogP contribution is -2.75. The van der Waals surface area contributed by atoms with Gasteiger partial charge in [0.2, 0.25) is 11.7 Å². The number of rotatable bonds is 8. The van der Waals surface area contributed by atoms with Crippen LogP contribution in [0.25, 0.3) is 0 Å². The van der Waals surface area contributed by atoms with Gasteiger partial charge < -0.3 is 19.4 Å². The molecular weight excluding hydrogens is 493 g/mol. The number of benzene rings is 1. The minimum absolute atomic E-state index is 0.0198. The first kappa shape index (κ1) is 24.1. The molecule has 3 aliphatic carbocycles. The second-order valence-electron chi connectivity index (χ2n) is 10.2. The van der Waals surface area contributed by atoms with Crippen LogP contribution in [-0.4, -0.2) is 52.7 Å². The van der Waals surface area contributed by atoms with Gasteiger partial charge in [-0.2, -0.15) is 0 Å². The highest BCUT2D eigenvalue weighted by Crippen LogP contribution is 2.69. The number of hydrogen-bond acceptors (Lipinski definition) is 6. The summed E-state index contributed by atoms with van der Waals surface area (Å²) in [6.07, 6.45) is 5.77. The van der Waals surface area contributed by atoms with Gasteiger partial charge in [-0.1, -0.05) is 23.2 Å². The van der Waals surface area contributed by atoms with Crippen molar-refractivity contribution in [3.05, 3.63) is 46.1 Å². The van der Waals surface area contributed by atoms with Crippen LogP contribution in [0.15, 0.2) is 28.8 Å². The van der Waals surface area contributed by atoms with Crippen molar-refractivity contribution in [2.24, 2.45) is 5.41 Å². The maximum absolute atomic E-state index is 12.7. The summed E-state index contributed by atoms with van der Waals surface area (Å²) in [5.74, 6) is 1.21. The monoisotopic (exact) mass is 519 g/mol. The first-order valence-electron chi connectivity index (χ1n) is 11.8. The van der Waals surface area contributed by atoms with E-state index in [9.17, 15) is 14.4 Å². The Morgan fingerprint density at radius 1 is 1.17 bits per heavy atom. The summed E-state index contributed by atoms with van der Waals surface area (Å²) in [6.45, 7) is 2.90. The van der Waals surface area contributed by atoms with E-state index in [0.29, 0.717) is 41.2 Å². The molecule has 186 valence electrons. The maximum Gasteiger partial charge on any atom is 0.289 e. The standard InChI is InChI=1S/C25H27Cl2N3O5/c1-15(31)30-6-4-16(5-7-30)23-28-10-21(35-23)22(33)29-25-12-24(13-25,14-25)9-17(32)11-34-18-2-3-19(26)20(27)8-18/h2-3,8,10,16H,4-7,9,11-14H2,1H3,(H,29,33). The van der Waals surface area contributed by atoms with Gasteiger partial charge in [0.25, 0.3) is 5.91 Å². The number of likely N-dealkylation sites (tertiary alicyclic amines) is 1. The number of aromatic nitrogens is 1. The van der Waals surface area contributed by atoms with Gasteiger partial charge in [-0.05, 0) is 49.7 Å². The van der Waals surface area contributed by atoms with Crippen LogP contribution in [0, 0.1) is 5.41 Å². The zero-order valence-electron chi connectivity index (χ0n) is 19.4. The fourth-order valence-electron chi connectivity index (χ4n) is 5.84. The number of carbonyl (C=O) groups excluding carboxylic acids is 3. The topological polar surface area (TPSA) is 102 Å². The van der Waals surface area contributed by atoms with Gasteiger partial charge in [-0.15, -0.1) is 0 Å². The molecule has 0 spiro atoms. The molecule has 0 atom stereocenters. The van der Waals surface area contributed by atoms with Crippen LogP contribution in [0.2, 0.25) is 10.0 Å². The van der Waals surface area contributed by atoms with Crippen LogP contribution < -0.4 is 10.1 Å². The molecule has 4 aliphatic rings. The molecule has 1 aromatic heterocycles. The molecule has 1 N–H and O–H groups in total. The van der Waals surface area contributed by atoms with Crippen molar-refractivity contribution in [2.45, 2.75) is 56.9 Å². The van der Waals surface area contributed by atoms with E-state index in [1.807, 2.05) is 4.90 Å². The molecular formula is C25H27Cl2N3O5. The molecule has 4 fully saturated rings. The molecule has 2 amide bonds. The number of hydrogen-bond donors (Lipinski definition) is 1. The van der Waals surface area contributed by atoms with E-state index >= 15 is 0 Å². The lowest BCUT2D eigenvalue weighted by molar-refractivity contribution is -0.162. The van der Waals surface area contributed by atoms with Gasteiger partial charge in [0, 0.05) is 44.0 Å². The molecule has 1 aromatic carbocycles. The third kappa shape index (κ3) is 4.91. The highest BCUT2D eigenvalue weighted by molar-refractivity contribution is 6.42. The lowest BCUT2D eigenvalue weighted by Gasteiger charge is -2.70. The van der Waals surface area contributed by atoms with Crippen LogP contribution in [0.5, 0.6) is 5.75 Å². The number of nitrogens with zero attached hydrogens (tertiary/aromatic N) is 2. The smallest absolute Gasteiger partial charge is 0.289 e. The first-order valence-corrected chi connectivity index (χ1v) is 12.5. The minimum atomic E-state index is -0.271. The van der Waals surface area contributed by atoms with Gasteiger partial charge in [-0.3, -0.25) is 14.4 Å². The number of nitrogens with one attached hydrogen (secondary N) is 1. The summed E-state index contributed by atoms with van der Waals surface area (Å²) < 4.78 is 11.3. The van der Waals surface area contributed by atoms with Crippen molar-refractivity contribution in [1.82, 2.24) is 15.2 Å². The summed E-state index contributed by atoms with van der Waals surface area (Å²) in [7, 11) is 0. The molecule has 1 saturated heterocycles. The zero-order valence-corrected chi connectivity index (χ0v) is 21.0. The summed E-state index contributed by atoms with van der Waals surface area (Å²) in [6, 6.07) is 4.90. The third-order valence-corrected chi connectivity index (χ3v) is 8.16. The predicted molar refractivity (Wildman–Crippen MR) is 129 cm³/mol. The van der Waals surface area contributed by atoms with Crippen molar-refractivity contribution in [3.8, 4) is 5.75 Å². The minimum Gasteiger partial charge on any atom is -0.486 e. The third-order valence-electron chi connectivity index (χ3n) is 7.42. The normalized spacial score (nSPS) is 25.4. The van der Waals surface area contributed by atoms with Crippen LogP contribution in [-0.2, 0) is 9.59 Å². The second kappa shape index (κ2) is 9.13. The molecule has 10 heteroatoms. The Morgan fingerprint density at radius 2 is 1.89 bits per heavy atom. The number of carbonyl (C=O) groups is 3. The molecule has 1 aliphatic heterocycles. The average molecular weight is 520 g/mol. The molecule has 2 heterocycles. The van der Waals surface area contributed by atoms with Crippen molar-refractivity contribution in [2.75, 3.05) is 19.7 Å². The summed E-state index contributed by atoms with van der Waals surface area (Å²) in [5.41, 5.74) is -0.315. The van der Waals surface area contributed by atoms with E-state index in [0.717, 1.165) is 32.1 Å². The molecule has 2 aromatic rings. The lowest BCUT2D eigenvalue weighted by atomic mass is 9.38. The number of ketones is 1. The fraction of sp³-hybridized carbons (Fsp3) is 0.520. The Hall–Kier alpha value is -2.58. The first-order chi connectivity index (χ1) is 16.7. The molecule has 0 radical (unpaired) electrons. The summed E-state index contributed by atoms with van der Waals surface area (Å²) in [4.78, 5) is 42.8. The second-order valence-corrected chi connectivity index (χ2v) is 11.0. The number of amides is 2. The molecule has 3 saturated carbocycles. The van der Waals surface area contributed by atoms with Crippen molar-refractivity contribution in [1.29, 1.82) is 0 Å². The Labute approximate surface area is 213 Å². The largest absolute Gasteiger partial charge is 0.486 e. The van der Waals surface area contributed by atoms with Gasteiger partial charge >= 0.3 is 0 Å². The number of ether oxygens (including phenoxy) is 1. The highest BCUT2D eigenvalue weighted by Gasteiger charge is 2.68. The van der Waals surface area contributed by atoms with E-state index in [1.54, 1.807) is 25.1 Å². The van der Waals surface area contributed by atoms with Gasteiger partial charge in [0.05, 0.1) is 16.2 Å². The summed E-state index contributed by atoms with van der Waals surface area (Å²) >= 11 is 11.9. The van der Waals surface area contributed by atoms with E-state index in [2.05, 4.69) is 10.3 Å². The zero-order chi connectivity index (χ0) is 24.8. The van der Waals surface area contributed by atoms with E-state index in [4.69, 9.17) is 32.4 Å². The number of oxazole rings is 1. The fourth-order valence-corrected chi connectivity index (χ4v) is 6.13. The Balaban J connectivity index is 1.06. The van der Waals surface area contributed by atoms with Crippen molar-refractivity contribution in [3.63, 3.8) is 0 Å². The van der Waals surface area contributed by atoms with Crippen LogP contribution >= 0.6 is 23.2 Å². The Kier molecular flexibility index (Phi) is 6.30. The molecule has 35 heavy (non-hydrogen) atoms. The van der Waals surface area contributed by atoms with Crippen molar-refractivity contribution < 1.29 is 23.5 Å². The van der Waals surface area contributed by atoms with Gasteiger partial charge in [0.15, 0.2) is 11.7 Å². The molecule has 2 bridgehead atoms. The predicted octanol–water partition coefficient (Wildman–Crippen LogP) is 4.40. The number of piperidine rings is 1. The van der Waals surface area contributed by atoms with E-state index in [-0.39, 0.29) is 46.8 Å². The van der Waals surface area contributed by atoms with Crippen LogP contribution in [0.4, 0.5) is 0 Å². The van der Waals surface area contributed by atoms with Crippen molar-refractivity contribution >= 4 is 40.8 Å². The van der Waals surface area contributed by atoms with E-state index < -0.39 is 0 Å². The number of halogens is 2. The highest BCUT2D eigenvalue weighted by atomic mass is 35.5. The maximum atomic E-state index is 12.7. The number of Topliss-reactive ketones (excluding diaryl/α,β-unsaturated/α-hetero) is 1. The quantitative estimate of drug-likeness (QED) is 0.554.